The van der Waals surface area contributed by atoms with E-state index in [9.17, 15) is 4.79 Å². The Balaban J connectivity index is 1.41. The number of nitrogen functional groups attached to an aromatic ring is 1. The van der Waals surface area contributed by atoms with E-state index in [1.165, 1.54) is 6.33 Å². The minimum Gasteiger partial charge on any atom is -0.382 e. The smallest absolute Gasteiger partial charge is 0.242 e. The summed E-state index contributed by atoms with van der Waals surface area (Å²) in [5, 5.41) is 5.33. The molecule has 10 heteroatoms. The van der Waals surface area contributed by atoms with Crippen LogP contribution in [0.4, 0.5) is 11.5 Å². The fraction of sp³-hybridized carbons (Fsp3) is 0.333. The molecule has 4 aromatic rings. The number of halogens is 1. The highest BCUT2D eigenvalue weighted by atomic mass is 79.9. The zero-order valence-electron chi connectivity index (χ0n) is 18.5. The van der Waals surface area contributed by atoms with Crippen molar-refractivity contribution in [3.8, 4) is 0 Å². The average molecular weight is 521 g/mol. The van der Waals surface area contributed by atoms with Crippen molar-refractivity contribution in [3.05, 3.63) is 53.0 Å². The fourth-order valence-electron chi connectivity index (χ4n) is 4.78. The third-order valence-electron chi connectivity index (χ3n) is 6.83. The summed E-state index contributed by atoms with van der Waals surface area (Å²) in [6.45, 7) is 1.73. The lowest BCUT2D eigenvalue weighted by Crippen LogP contribution is -2.56. The van der Waals surface area contributed by atoms with Gasteiger partial charge in [0.15, 0.2) is 11.5 Å². The van der Waals surface area contributed by atoms with E-state index < -0.39 is 5.54 Å². The molecule has 2 aromatic heterocycles. The van der Waals surface area contributed by atoms with Crippen molar-refractivity contribution in [1.29, 1.82) is 0 Å². The first-order valence-electron chi connectivity index (χ1n) is 11.4. The lowest BCUT2D eigenvalue weighted by molar-refractivity contribution is -0.125. The van der Waals surface area contributed by atoms with E-state index in [1.807, 2.05) is 10.6 Å². The van der Waals surface area contributed by atoms with E-state index >= 15 is 0 Å². The lowest BCUT2D eigenvalue weighted by atomic mass is 9.98. The number of carbonyl (C=O) groups excluding carboxylic acids is 1. The maximum absolute atomic E-state index is 12.9. The number of fused-ring (bicyclic) bond motifs is 2. The van der Waals surface area contributed by atoms with Crippen LogP contribution in [0.25, 0.3) is 21.9 Å². The molecule has 174 valence electrons. The van der Waals surface area contributed by atoms with Gasteiger partial charge in [-0.15, -0.1) is 0 Å². The highest BCUT2D eigenvalue weighted by Gasteiger charge is 2.43. The second-order valence-electron chi connectivity index (χ2n) is 9.31. The van der Waals surface area contributed by atoms with E-state index in [0.29, 0.717) is 49.1 Å². The number of rotatable bonds is 5. The summed E-state index contributed by atoms with van der Waals surface area (Å²) in [4.78, 5) is 28.0. The molecular formula is C24H25BrN8O. The van der Waals surface area contributed by atoms with Crippen LogP contribution in [-0.2, 0) is 11.3 Å². The molecule has 0 radical (unpaired) electrons. The second-order valence-corrected chi connectivity index (χ2v) is 10.2. The molecule has 1 aliphatic carbocycles. The molecule has 1 saturated heterocycles. The Kier molecular flexibility index (Phi) is 4.96. The zero-order valence-corrected chi connectivity index (χ0v) is 20.1. The van der Waals surface area contributed by atoms with Crippen LogP contribution in [0.15, 0.2) is 47.5 Å². The zero-order chi connectivity index (χ0) is 23.4. The normalized spacial score (nSPS) is 20.4. The Morgan fingerprint density at radius 1 is 1.21 bits per heavy atom. The third kappa shape index (κ3) is 3.67. The quantitative estimate of drug-likeness (QED) is 0.368. The summed E-state index contributed by atoms with van der Waals surface area (Å²) in [7, 11) is 0. The van der Waals surface area contributed by atoms with Gasteiger partial charge in [-0.2, -0.15) is 0 Å². The highest BCUT2D eigenvalue weighted by Crippen LogP contribution is 2.35. The minimum atomic E-state index is -0.891. The van der Waals surface area contributed by atoms with Crippen LogP contribution < -0.4 is 21.7 Å². The SMILES string of the molecule is Nc1ncnc2c1ncn2Cc1c(N2CCC(N)(C(=O)NC3CC3)C2)ccc2cc(Br)ccc12. The number of benzene rings is 2. The molecule has 2 fully saturated rings. The van der Waals surface area contributed by atoms with Gasteiger partial charge >= 0.3 is 0 Å². The molecule has 1 amide bonds. The number of anilines is 2. The van der Waals surface area contributed by atoms with Crippen LogP contribution >= 0.6 is 15.9 Å². The molecule has 0 spiro atoms. The van der Waals surface area contributed by atoms with Gasteiger partial charge in [-0.25, -0.2) is 15.0 Å². The van der Waals surface area contributed by atoms with Gasteiger partial charge in [0, 0.05) is 34.9 Å². The summed E-state index contributed by atoms with van der Waals surface area (Å²) in [5.74, 6) is 0.316. The van der Waals surface area contributed by atoms with Gasteiger partial charge in [-0.3, -0.25) is 4.79 Å². The van der Waals surface area contributed by atoms with Crippen LogP contribution in [0, 0.1) is 0 Å². The first kappa shape index (κ1) is 21.3. The number of carbonyl (C=O) groups is 1. The number of nitrogens with one attached hydrogen (secondary N) is 1. The van der Waals surface area contributed by atoms with Crippen molar-refractivity contribution in [1.82, 2.24) is 24.8 Å². The lowest BCUT2D eigenvalue weighted by Gasteiger charge is -2.27. The Morgan fingerprint density at radius 3 is 2.88 bits per heavy atom. The fourth-order valence-corrected chi connectivity index (χ4v) is 5.16. The van der Waals surface area contributed by atoms with E-state index in [-0.39, 0.29) is 5.91 Å². The largest absolute Gasteiger partial charge is 0.382 e. The minimum absolute atomic E-state index is 0.0449. The summed E-state index contributed by atoms with van der Waals surface area (Å²) in [6.07, 6.45) is 5.91. The van der Waals surface area contributed by atoms with Gasteiger partial charge in [-0.1, -0.05) is 28.1 Å². The van der Waals surface area contributed by atoms with E-state index in [1.54, 1.807) is 6.33 Å². The molecule has 6 rings (SSSR count). The van der Waals surface area contributed by atoms with Gasteiger partial charge < -0.3 is 26.3 Å². The molecule has 2 aromatic carbocycles. The maximum Gasteiger partial charge on any atom is 0.242 e. The number of hydrogen-bond acceptors (Lipinski definition) is 7. The van der Waals surface area contributed by atoms with Gasteiger partial charge in [0.1, 0.15) is 17.4 Å². The van der Waals surface area contributed by atoms with Crippen molar-refractivity contribution < 1.29 is 4.79 Å². The van der Waals surface area contributed by atoms with Crippen molar-refractivity contribution in [2.75, 3.05) is 23.7 Å². The van der Waals surface area contributed by atoms with Crippen LogP contribution in [0.3, 0.4) is 0 Å². The molecule has 1 aliphatic heterocycles. The third-order valence-corrected chi connectivity index (χ3v) is 7.33. The Labute approximate surface area is 204 Å². The molecule has 9 nitrogen and oxygen atoms in total. The average Bonchev–Trinajstić information content (AvgIpc) is 3.39. The summed E-state index contributed by atoms with van der Waals surface area (Å²) in [6, 6.07) is 10.8. The molecule has 1 atom stereocenters. The molecule has 2 aliphatic rings. The molecule has 5 N–H and O–H groups in total. The summed E-state index contributed by atoms with van der Waals surface area (Å²) >= 11 is 3.58. The van der Waals surface area contributed by atoms with E-state index in [4.69, 9.17) is 11.5 Å². The predicted octanol–water partition coefficient (Wildman–Crippen LogP) is 2.56. The van der Waals surface area contributed by atoms with E-state index in [0.717, 1.165) is 39.3 Å². The Hall–Kier alpha value is -3.24. The first-order valence-corrected chi connectivity index (χ1v) is 12.2. The van der Waals surface area contributed by atoms with Crippen LogP contribution in [-0.4, -0.2) is 50.1 Å². The topological polar surface area (TPSA) is 128 Å². The van der Waals surface area contributed by atoms with Crippen molar-refractivity contribution in [2.24, 2.45) is 5.73 Å². The monoisotopic (exact) mass is 520 g/mol. The van der Waals surface area contributed by atoms with Crippen molar-refractivity contribution in [2.45, 2.75) is 37.4 Å². The summed E-state index contributed by atoms with van der Waals surface area (Å²) in [5.41, 5.74) is 15.2. The Bertz CT molecular complexity index is 1430. The molecule has 34 heavy (non-hydrogen) atoms. The Morgan fingerprint density at radius 2 is 2.06 bits per heavy atom. The molecule has 3 heterocycles. The van der Waals surface area contributed by atoms with E-state index in [2.05, 4.69) is 65.4 Å². The van der Waals surface area contributed by atoms with Crippen LogP contribution in [0.2, 0.25) is 0 Å². The number of nitrogens with zero attached hydrogens (tertiary/aromatic N) is 5. The number of hydrogen-bond donors (Lipinski definition) is 3. The van der Waals surface area contributed by atoms with Gasteiger partial charge in [-0.05, 0) is 48.2 Å². The second kappa shape index (κ2) is 7.92. The number of imidazole rings is 1. The standard InChI is InChI=1S/C24H25BrN8O/c25-15-2-5-17-14(9-15)1-6-19(32-8-7-24(27,11-32)23(34)31-16-3-4-16)18(17)10-33-13-30-20-21(26)28-12-29-22(20)33/h1-2,5-6,9,12-13,16H,3-4,7-8,10-11,27H2,(H,31,34)(H2,26,28,29). The molecule has 0 bridgehead atoms. The van der Waals surface area contributed by atoms with Crippen LogP contribution in [0.5, 0.6) is 0 Å². The van der Waals surface area contributed by atoms with Crippen LogP contribution in [0.1, 0.15) is 24.8 Å². The number of amides is 1. The van der Waals surface area contributed by atoms with Gasteiger partial charge in [0.2, 0.25) is 5.91 Å². The summed E-state index contributed by atoms with van der Waals surface area (Å²) < 4.78 is 3.00. The van der Waals surface area contributed by atoms with Gasteiger partial charge in [0.25, 0.3) is 0 Å². The maximum atomic E-state index is 12.9. The van der Waals surface area contributed by atoms with Crippen molar-refractivity contribution in [3.63, 3.8) is 0 Å². The molecular weight excluding hydrogens is 496 g/mol. The number of nitrogens with two attached hydrogens (primary N) is 2. The first-order chi connectivity index (χ1) is 16.4. The predicted molar refractivity (Wildman–Crippen MR) is 135 cm³/mol. The molecule has 1 saturated carbocycles. The number of aromatic nitrogens is 4. The highest BCUT2D eigenvalue weighted by molar-refractivity contribution is 9.10. The van der Waals surface area contributed by atoms with Gasteiger partial charge in [0.05, 0.1) is 12.9 Å². The van der Waals surface area contributed by atoms with Crippen molar-refractivity contribution >= 4 is 55.3 Å². The molecule has 1 unspecified atom stereocenters.